The molecule has 39 heavy (non-hydrogen) atoms. The molecule has 0 aromatic heterocycles. The molecule has 0 radical (unpaired) electrons. The van der Waals surface area contributed by atoms with Gasteiger partial charge >= 0.3 is 0 Å². The molecule has 0 N–H and O–H groups in total. The highest BCUT2D eigenvalue weighted by Gasteiger charge is 2.43. The van der Waals surface area contributed by atoms with E-state index in [1.54, 1.807) is 6.92 Å². The molecule has 6 rings (SSSR count). The Morgan fingerprint density at radius 2 is 1.21 bits per heavy atom. The quantitative estimate of drug-likeness (QED) is 0.291. The van der Waals surface area contributed by atoms with Crippen LogP contribution in [0, 0.1) is 0 Å². The zero-order chi connectivity index (χ0) is 26.6. The molecule has 1 heterocycles. The molecule has 2 aliphatic carbocycles. The van der Waals surface area contributed by atoms with Crippen LogP contribution in [0.1, 0.15) is 99.9 Å². The molecular formula is C35H41N2OP. The fourth-order valence-corrected chi connectivity index (χ4v) is 11.2. The Morgan fingerprint density at radius 3 is 1.77 bits per heavy atom. The van der Waals surface area contributed by atoms with Gasteiger partial charge in [0.15, 0.2) is 0 Å². The smallest absolute Gasteiger partial charge is 0.225 e. The molecule has 0 saturated heterocycles. The molecule has 0 spiro atoms. The summed E-state index contributed by atoms with van der Waals surface area (Å²) in [5.74, 6) is 0.940. The van der Waals surface area contributed by atoms with Crippen molar-refractivity contribution in [1.82, 2.24) is 4.90 Å². The van der Waals surface area contributed by atoms with Gasteiger partial charge in [-0.25, -0.2) is 0 Å². The summed E-state index contributed by atoms with van der Waals surface area (Å²) in [6.07, 6.45) is 13.7. The monoisotopic (exact) mass is 536 g/mol. The summed E-state index contributed by atoms with van der Waals surface area (Å²) in [6.45, 7) is 1.71. The maximum absolute atomic E-state index is 13.5. The second-order valence-corrected chi connectivity index (χ2v) is 14.3. The normalized spacial score (nSPS) is 22.7. The van der Waals surface area contributed by atoms with Crippen LogP contribution in [0.2, 0.25) is 0 Å². The second-order valence-electron chi connectivity index (χ2n) is 11.6. The van der Waals surface area contributed by atoms with E-state index in [0.29, 0.717) is 0 Å². The molecule has 4 heteroatoms. The molecule has 2 saturated carbocycles. The highest BCUT2D eigenvalue weighted by atomic mass is 31.1. The van der Waals surface area contributed by atoms with Crippen LogP contribution in [-0.4, -0.2) is 28.0 Å². The van der Waals surface area contributed by atoms with Gasteiger partial charge in [-0.05, 0) is 53.4 Å². The van der Waals surface area contributed by atoms with Crippen molar-refractivity contribution in [2.45, 2.75) is 94.5 Å². The molecular weight excluding hydrogens is 495 g/mol. The van der Waals surface area contributed by atoms with Gasteiger partial charge in [-0.3, -0.25) is 14.7 Å². The number of nitrogens with zero attached hydrogens (tertiary/aromatic N) is 2. The first-order valence-corrected chi connectivity index (χ1v) is 16.6. The van der Waals surface area contributed by atoms with E-state index in [1.807, 2.05) is 11.0 Å². The van der Waals surface area contributed by atoms with E-state index in [9.17, 15) is 4.79 Å². The van der Waals surface area contributed by atoms with Gasteiger partial charge in [0.25, 0.3) is 0 Å². The maximum atomic E-state index is 13.5. The van der Waals surface area contributed by atoms with Crippen molar-refractivity contribution in [3.05, 3.63) is 102 Å². The number of rotatable bonds is 6. The molecule has 2 fully saturated rings. The van der Waals surface area contributed by atoms with Crippen LogP contribution in [0.25, 0.3) is 0 Å². The van der Waals surface area contributed by atoms with Crippen LogP contribution in [-0.2, 0) is 4.79 Å². The number of hydrogen-bond donors (Lipinski definition) is 0. The number of amides is 1. The maximum Gasteiger partial charge on any atom is 0.225 e. The van der Waals surface area contributed by atoms with Crippen LogP contribution < -0.4 is 5.30 Å². The van der Waals surface area contributed by atoms with Gasteiger partial charge in [-0.2, -0.15) is 0 Å². The van der Waals surface area contributed by atoms with Gasteiger partial charge in [0, 0.05) is 12.5 Å². The third kappa shape index (κ3) is 5.48. The fraction of sp³-hybridized carbons (Fsp3) is 0.429. The third-order valence-corrected chi connectivity index (χ3v) is 12.6. The second kappa shape index (κ2) is 12.2. The van der Waals surface area contributed by atoms with Crippen molar-refractivity contribution in [3.63, 3.8) is 0 Å². The minimum absolute atomic E-state index is 0.0653. The van der Waals surface area contributed by atoms with Crippen molar-refractivity contribution >= 4 is 25.0 Å². The lowest BCUT2D eigenvalue weighted by Gasteiger charge is -2.40. The van der Waals surface area contributed by atoms with E-state index >= 15 is 0 Å². The van der Waals surface area contributed by atoms with Gasteiger partial charge in [0.2, 0.25) is 5.91 Å². The summed E-state index contributed by atoms with van der Waals surface area (Å²) in [6, 6.07) is 29.8. The van der Waals surface area contributed by atoms with Gasteiger partial charge in [0.1, 0.15) is 11.9 Å². The van der Waals surface area contributed by atoms with E-state index in [-0.39, 0.29) is 25.9 Å². The molecule has 0 bridgehead atoms. The number of benzene rings is 3. The van der Waals surface area contributed by atoms with E-state index in [4.69, 9.17) is 4.99 Å². The molecule has 2 atom stereocenters. The number of amidine groups is 1. The van der Waals surface area contributed by atoms with E-state index in [2.05, 4.69) is 78.9 Å². The number of carbonyl (C=O) groups excluding carboxylic acids is 1. The first-order chi connectivity index (χ1) is 19.2. The van der Waals surface area contributed by atoms with Crippen molar-refractivity contribution in [3.8, 4) is 0 Å². The summed E-state index contributed by atoms with van der Waals surface area (Å²) in [5.41, 5.74) is 5.09. The van der Waals surface area contributed by atoms with Crippen molar-refractivity contribution in [1.29, 1.82) is 0 Å². The molecule has 3 nitrogen and oxygen atoms in total. The van der Waals surface area contributed by atoms with E-state index in [0.717, 1.165) is 28.3 Å². The Balaban J connectivity index is 1.49. The zero-order valence-electron chi connectivity index (χ0n) is 23.2. The lowest BCUT2D eigenvalue weighted by atomic mass is 9.93. The zero-order valence-corrected chi connectivity index (χ0v) is 24.1. The van der Waals surface area contributed by atoms with Gasteiger partial charge < -0.3 is 0 Å². The topological polar surface area (TPSA) is 32.7 Å². The summed E-state index contributed by atoms with van der Waals surface area (Å²) >= 11 is 0. The average Bonchev–Trinajstić information content (AvgIpc) is 3.41. The van der Waals surface area contributed by atoms with Crippen LogP contribution in [0.3, 0.4) is 0 Å². The van der Waals surface area contributed by atoms with Crippen LogP contribution in [0.15, 0.2) is 89.9 Å². The molecule has 3 aromatic rings. The highest BCUT2D eigenvalue weighted by molar-refractivity contribution is 7.67. The summed E-state index contributed by atoms with van der Waals surface area (Å²) < 4.78 is 0. The standard InChI is InChI=1S/C35H41N2OP/c1-26(38)37-34(28-18-8-3-9-19-28)33(27-16-6-2-7-17-27)36-35(37)31-24-14-15-25-32(31)39(29-20-10-4-11-21-29)30-22-12-5-13-23-30/h2-3,6-9,14-19,24-25,29-30,33-34H,4-5,10-13,20-23H2,1H3/t33-,34-/m0/s1. The van der Waals surface area contributed by atoms with Crippen molar-refractivity contribution in [2.24, 2.45) is 4.99 Å². The van der Waals surface area contributed by atoms with Crippen molar-refractivity contribution < 1.29 is 4.79 Å². The van der Waals surface area contributed by atoms with E-state index in [1.165, 1.54) is 75.1 Å². The average molecular weight is 537 g/mol. The summed E-state index contributed by atoms with van der Waals surface area (Å²) in [4.78, 5) is 21.0. The molecule has 3 aliphatic rings. The third-order valence-electron chi connectivity index (χ3n) is 9.05. The van der Waals surface area contributed by atoms with Crippen molar-refractivity contribution in [2.75, 3.05) is 0 Å². The Bertz CT molecular complexity index is 1260. The van der Waals surface area contributed by atoms with Crippen LogP contribution >= 0.6 is 7.92 Å². The predicted molar refractivity (Wildman–Crippen MR) is 164 cm³/mol. The molecule has 1 amide bonds. The highest BCUT2D eigenvalue weighted by Crippen LogP contribution is 2.56. The minimum Gasteiger partial charge on any atom is -0.287 e. The largest absolute Gasteiger partial charge is 0.287 e. The Hall–Kier alpha value is -2.77. The Labute approximate surface area is 235 Å². The lowest BCUT2D eigenvalue weighted by molar-refractivity contribution is -0.126. The number of aliphatic imine (C=N–C) groups is 1. The fourth-order valence-electron chi connectivity index (χ4n) is 7.27. The minimum atomic E-state index is -0.323. The molecule has 0 unspecified atom stereocenters. The Morgan fingerprint density at radius 1 is 0.692 bits per heavy atom. The van der Waals surface area contributed by atoms with Gasteiger partial charge in [-0.1, -0.05) is 131 Å². The molecule has 1 aliphatic heterocycles. The SMILES string of the molecule is CC(=O)N1C(c2ccccc2P(C2CCCCC2)C2CCCCC2)=N[C@@H](c2ccccc2)[C@@H]1c1ccccc1. The van der Waals surface area contributed by atoms with Gasteiger partial charge in [-0.15, -0.1) is 0 Å². The first kappa shape index (κ1) is 26.5. The number of hydrogen-bond acceptors (Lipinski definition) is 2. The number of carbonyl (C=O) groups is 1. The Kier molecular flexibility index (Phi) is 8.26. The predicted octanol–water partition coefficient (Wildman–Crippen LogP) is 8.55. The lowest BCUT2D eigenvalue weighted by Crippen LogP contribution is -2.38. The van der Waals surface area contributed by atoms with Crippen LogP contribution in [0.5, 0.6) is 0 Å². The van der Waals surface area contributed by atoms with Gasteiger partial charge in [0.05, 0.1) is 6.04 Å². The van der Waals surface area contributed by atoms with Crippen LogP contribution in [0.4, 0.5) is 0 Å². The van der Waals surface area contributed by atoms with E-state index < -0.39 is 0 Å². The molecule has 3 aromatic carbocycles. The first-order valence-electron chi connectivity index (χ1n) is 15.1. The summed E-state index contributed by atoms with van der Waals surface area (Å²) in [7, 11) is -0.323. The molecule has 202 valence electrons. The summed E-state index contributed by atoms with van der Waals surface area (Å²) in [5, 5.41) is 1.50.